The van der Waals surface area contributed by atoms with Crippen LogP contribution in [0.2, 0.25) is 0 Å². The third-order valence-electron chi connectivity index (χ3n) is 5.54. The van der Waals surface area contributed by atoms with Gasteiger partial charge in [0.05, 0.1) is 24.3 Å². The zero-order chi connectivity index (χ0) is 23.3. The van der Waals surface area contributed by atoms with Gasteiger partial charge in [-0.2, -0.15) is 0 Å². The summed E-state index contributed by atoms with van der Waals surface area (Å²) in [4.78, 5) is 37.9. The fourth-order valence-corrected chi connectivity index (χ4v) is 3.76. The van der Waals surface area contributed by atoms with Gasteiger partial charge in [-0.15, -0.1) is 0 Å². The smallest absolute Gasteiger partial charge is 0.306 e. The lowest BCUT2D eigenvalue weighted by atomic mass is 9.80. The number of aliphatic carboxylic acids is 1. The number of nitrogens with one attached hydrogen (secondary N) is 1. The summed E-state index contributed by atoms with van der Waals surface area (Å²) in [5.74, 6) is -1.74. The molecule has 0 fully saturated rings. The lowest BCUT2D eigenvalue weighted by molar-refractivity contribution is -0.142. The highest BCUT2D eigenvalue weighted by Crippen LogP contribution is 2.36. The number of hydrogen-bond donors (Lipinski definition) is 4. The minimum absolute atomic E-state index is 0.0468. The summed E-state index contributed by atoms with van der Waals surface area (Å²) in [5.41, 5.74) is 6.17. The Balaban J connectivity index is 2.09. The SMILES string of the molecule is CNC(=O)[C@H]1CN(C(=O)CC(C)(C)C[C@H](N)[C@@H](O)C[C@@H](C)C(=O)O)c2ccccc2O1. The molecule has 1 aromatic carbocycles. The first-order valence-electron chi connectivity index (χ1n) is 10.4. The molecule has 1 aromatic rings. The second kappa shape index (κ2) is 10.1. The van der Waals surface area contributed by atoms with Crippen LogP contribution in [-0.4, -0.2) is 59.8 Å². The monoisotopic (exact) mass is 435 g/mol. The molecule has 9 nitrogen and oxygen atoms in total. The molecular weight excluding hydrogens is 402 g/mol. The number of carboxylic acid groups (broad SMARTS) is 1. The lowest BCUT2D eigenvalue weighted by Gasteiger charge is -2.36. The fourth-order valence-electron chi connectivity index (χ4n) is 3.76. The Labute approximate surface area is 182 Å². The molecule has 1 aliphatic rings. The number of anilines is 1. The number of aliphatic hydroxyl groups is 1. The van der Waals surface area contributed by atoms with Crippen molar-refractivity contribution < 1.29 is 29.3 Å². The molecule has 0 spiro atoms. The molecule has 0 unspecified atom stereocenters. The van der Waals surface area contributed by atoms with Crippen molar-refractivity contribution in [3.05, 3.63) is 24.3 Å². The summed E-state index contributed by atoms with van der Waals surface area (Å²) in [6.45, 7) is 5.36. The van der Waals surface area contributed by atoms with E-state index in [4.69, 9.17) is 15.6 Å². The average Bonchev–Trinajstić information content (AvgIpc) is 2.71. The summed E-state index contributed by atoms with van der Waals surface area (Å²) in [7, 11) is 1.51. The molecule has 0 saturated heterocycles. The molecule has 0 bridgehead atoms. The van der Waals surface area contributed by atoms with Crippen molar-refractivity contribution in [1.82, 2.24) is 5.32 Å². The van der Waals surface area contributed by atoms with Crippen LogP contribution in [0.5, 0.6) is 5.75 Å². The summed E-state index contributed by atoms with van der Waals surface area (Å²) in [5, 5.41) is 21.9. The van der Waals surface area contributed by atoms with Gasteiger partial charge in [-0.1, -0.05) is 32.9 Å². The summed E-state index contributed by atoms with van der Waals surface area (Å²) < 4.78 is 5.74. The molecule has 5 N–H and O–H groups in total. The number of para-hydroxylation sites is 2. The number of fused-ring (bicyclic) bond motifs is 1. The maximum atomic E-state index is 13.2. The molecular formula is C22H33N3O6. The van der Waals surface area contributed by atoms with Gasteiger partial charge in [-0.3, -0.25) is 14.4 Å². The van der Waals surface area contributed by atoms with Gasteiger partial charge in [0.1, 0.15) is 5.75 Å². The zero-order valence-electron chi connectivity index (χ0n) is 18.5. The van der Waals surface area contributed by atoms with E-state index in [1.807, 2.05) is 13.8 Å². The first-order chi connectivity index (χ1) is 14.4. The lowest BCUT2D eigenvalue weighted by Crippen LogP contribution is -2.51. The van der Waals surface area contributed by atoms with E-state index >= 15 is 0 Å². The number of amides is 2. The Morgan fingerprint density at radius 2 is 1.97 bits per heavy atom. The Hall–Kier alpha value is -2.65. The van der Waals surface area contributed by atoms with Crippen molar-refractivity contribution in [2.24, 2.45) is 17.1 Å². The normalized spacial score (nSPS) is 18.9. The number of likely N-dealkylation sites (N-methyl/N-ethyl adjacent to an activating group) is 1. The number of aliphatic hydroxyl groups excluding tert-OH is 1. The van der Waals surface area contributed by atoms with Crippen molar-refractivity contribution in [2.75, 3.05) is 18.5 Å². The third kappa shape index (κ3) is 6.41. The second-order valence-electron chi connectivity index (χ2n) is 8.94. The van der Waals surface area contributed by atoms with E-state index in [9.17, 15) is 19.5 Å². The van der Waals surface area contributed by atoms with Gasteiger partial charge in [-0.05, 0) is 30.4 Å². The Morgan fingerprint density at radius 3 is 2.58 bits per heavy atom. The fraction of sp³-hybridized carbons (Fsp3) is 0.591. The average molecular weight is 436 g/mol. The first kappa shape index (κ1) is 24.6. The molecule has 172 valence electrons. The van der Waals surface area contributed by atoms with E-state index in [0.717, 1.165) is 0 Å². The number of nitrogens with two attached hydrogens (primary N) is 1. The van der Waals surface area contributed by atoms with Gasteiger partial charge in [0.25, 0.3) is 5.91 Å². The summed E-state index contributed by atoms with van der Waals surface area (Å²) in [6.07, 6.45) is -1.28. The van der Waals surface area contributed by atoms with Crippen LogP contribution >= 0.6 is 0 Å². The van der Waals surface area contributed by atoms with E-state index in [1.54, 1.807) is 29.2 Å². The Morgan fingerprint density at radius 1 is 1.32 bits per heavy atom. The minimum Gasteiger partial charge on any atom is -0.481 e. The molecule has 9 heteroatoms. The molecule has 1 aliphatic heterocycles. The molecule has 0 aromatic heterocycles. The number of carbonyl (C=O) groups is 3. The van der Waals surface area contributed by atoms with Crippen LogP contribution in [0, 0.1) is 11.3 Å². The molecule has 4 atom stereocenters. The highest BCUT2D eigenvalue weighted by molar-refractivity contribution is 5.97. The number of nitrogens with zero attached hydrogens (tertiary/aromatic N) is 1. The van der Waals surface area contributed by atoms with Gasteiger partial charge in [0, 0.05) is 19.5 Å². The van der Waals surface area contributed by atoms with E-state index in [0.29, 0.717) is 17.9 Å². The van der Waals surface area contributed by atoms with Gasteiger partial charge >= 0.3 is 5.97 Å². The first-order valence-corrected chi connectivity index (χ1v) is 10.4. The third-order valence-corrected chi connectivity index (χ3v) is 5.54. The quantitative estimate of drug-likeness (QED) is 0.455. The van der Waals surface area contributed by atoms with Crippen molar-refractivity contribution >= 4 is 23.5 Å². The van der Waals surface area contributed by atoms with Gasteiger partial charge in [0.15, 0.2) is 6.10 Å². The molecule has 31 heavy (non-hydrogen) atoms. The van der Waals surface area contributed by atoms with Crippen LogP contribution in [0.15, 0.2) is 24.3 Å². The van der Waals surface area contributed by atoms with Crippen molar-refractivity contribution in [1.29, 1.82) is 0 Å². The largest absolute Gasteiger partial charge is 0.481 e. The molecule has 2 rings (SSSR count). The van der Waals surface area contributed by atoms with Crippen LogP contribution in [0.1, 0.15) is 40.0 Å². The second-order valence-corrected chi connectivity index (χ2v) is 8.94. The molecule has 0 saturated carbocycles. The minimum atomic E-state index is -0.989. The Bertz CT molecular complexity index is 812. The van der Waals surface area contributed by atoms with E-state index in [1.165, 1.54) is 14.0 Å². The highest BCUT2D eigenvalue weighted by atomic mass is 16.5. The molecule has 0 aliphatic carbocycles. The number of rotatable bonds is 9. The van der Waals surface area contributed by atoms with Gasteiger partial charge in [0.2, 0.25) is 5.91 Å². The maximum Gasteiger partial charge on any atom is 0.306 e. The summed E-state index contributed by atoms with van der Waals surface area (Å²) in [6, 6.07) is 6.38. The number of carbonyl (C=O) groups excluding carboxylic acids is 2. The molecule has 2 amide bonds. The number of carboxylic acids is 1. The molecule has 1 heterocycles. The van der Waals surface area contributed by atoms with Crippen LogP contribution in [0.4, 0.5) is 5.69 Å². The van der Waals surface area contributed by atoms with Crippen molar-refractivity contribution in [2.45, 2.75) is 58.3 Å². The standard InChI is InChI=1S/C22H33N3O6/c1-13(21(29)30)9-16(26)14(23)10-22(2,3)11-19(27)25-12-18(20(28)24-4)31-17-8-6-5-7-15(17)25/h5-8,13-14,16,18,26H,9-12,23H2,1-4H3,(H,24,28)(H,29,30)/t13-,14+,16+,18-/m1/s1. The van der Waals surface area contributed by atoms with E-state index in [2.05, 4.69) is 5.32 Å². The number of ether oxygens (including phenoxy) is 1. The molecule has 0 radical (unpaired) electrons. The number of hydrogen-bond acceptors (Lipinski definition) is 6. The van der Waals surface area contributed by atoms with Crippen molar-refractivity contribution in [3.8, 4) is 5.75 Å². The highest BCUT2D eigenvalue weighted by Gasteiger charge is 2.36. The van der Waals surface area contributed by atoms with Crippen molar-refractivity contribution in [3.63, 3.8) is 0 Å². The van der Waals surface area contributed by atoms with Crippen LogP contribution in [0.3, 0.4) is 0 Å². The van der Waals surface area contributed by atoms with Gasteiger partial charge < -0.3 is 30.9 Å². The van der Waals surface area contributed by atoms with E-state index < -0.39 is 35.6 Å². The zero-order valence-corrected chi connectivity index (χ0v) is 18.5. The van der Waals surface area contributed by atoms with Crippen LogP contribution in [0.25, 0.3) is 0 Å². The predicted octanol–water partition coefficient (Wildman–Crippen LogP) is 1.13. The van der Waals surface area contributed by atoms with Crippen LogP contribution in [-0.2, 0) is 14.4 Å². The topological polar surface area (TPSA) is 142 Å². The number of benzene rings is 1. The van der Waals surface area contributed by atoms with E-state index in [-0.39, 0.29) is 31.2 Å². The van der Waals surface area contributed by atoms with Gasteiger partial charge in [-0.25, -0.2) is 0 Å². The predicted molar refractivity (Wildman–Crippen MR) is 116 cm³/mol. The van der Waals surface area contributed by atoms with Crippen LogP contribution < -0.4 is 20.7 Å². The summed E-state index contributed by atoms with van der Waals surface area (Å²) >= 11 is 0. The Kier molecular flexibility index (Phi) is 8.02. The maximum absolute atomic E-state index is 13.2.